The van der Waals surface area contributed by atoms with E-state index in [4.69, 9.17) is 16.0 Å². The number of amidine groups is 1. The van der Waals surface area contributed by atoms with Crippen LogP contribution in [-0.2, 0) is 10.0 Å². The van der Waals surface area contributed by atoms with Crippen molar-refractivity contribution in [3.63, 3.8) is 0 Å². The second kappa shape index (κ2) is 7.29. The summed E-state index contributed by atoms with van der Waals surface area (Å²) in [6.07, 6.45) is 1.43. The molecule has 2 N–H and O–H groups in total. The van der Waals surface area contributed by atoms with E-state index in [0.29, 0.717) is 40.5 Å². The maximum absolute atomic E-state index is 12.5. The van der Waals surface area contributed by atoms with Gasteiger partial charge >= 0.3 is 0 Å². The Morgan fingerprint density at radius 2 is 2.00 bits per heavy atom. The largest absolute Gasteiger partial charge is 0.451 e. The van der Waals surface area contributed by atoms with Crippen LogP contribution in [0.5, 0.6) is 0 Å². The zero-order chi connectivity index (χ0) is 19.7. The maximum Gasteiger partial charge on any atom is 0.291 e. The SMILES string of the molecule is O=C(Nc1cccc(S(=O)(=O)NC2=NCCC2)c1)c1cc2cc(Cl)ccc2o1. The lowest BCUT2D eigenvalue weighted by molar-refractivity contribution is 0.0998. The number of carbonyl (C=O) groups is 1. The van der Waals surface area contributed by atoms with Gasteiger partial charge < -0.3 is 9.73 Å². The third-order valence-corrected chi connectivity index (χ3v) is 5.84. The number of aliphatic imine (C=N–C) groups is 1. The summed E-state index contributed by atoms with van der Waals surface area (Å²) in [6.45, 7) is 0.622. The van der Waals surface area contributed by atoms with Gasteiger partial charge in [0.15, 0.2) is 5.76 Å². The Hall–Kier alpha value is -2.84. The molecule has 2 aromatic carbocycles. The summed E-state index contributed by atoms with van der Waals surface area (Å²) in [4.78, 5) is 16.6. The van der Waals surface area contributed by atoms with Crippen molar-refractivity contribution >= 4 is 50.0 Å². The minimum atomic E-state index is -3.76. The van der Waals surface area contributed by atoms with Crippen LogP contribution >= 0.6 is 11.6 Å². The molecule has 9 heteroatoms. The van der Waals surface area contributed by atoms with Crippen LogP contribution in [-0.4, -0.2) is 26.7 Å². The zero-order valence-corrected chi connectivity index (χ0v) is 16.2. The summed E-state index contributed by atoms with van der Waals surface area (Å²) in [5.74, 6) is 0.0642. The molecule has 1 amide bonds. The van der Waals surface area contributed by atoms with E-state index in [0.717, 1.165) is 6.42 Å². The minimum absolute atomic E-state index is 0.0382. The highest BCUT2D eigenvalue weighted by Crippen LogP contribution is 2.24. The number of carbonyl (C=O) groups excluding carboxylic acids is 1. The lowest BCUT2D eigenvalue weighted by atomic mass is 10.2. The van der Waals surface area contributed by atoms with Crippen LogP contribution in [0, 0.1) is 0 Å². The quantitative estimate of drug-likeness (QED) is 0.673. The van der Waals surface area contributed by atoms with Crippen molar-refractivity contribution in [1.29, 1.82) is 0 Å². The summed E-state index contributed by atoms with van der Waals surface area (Å²) in [7, 11) is -3.76. The number of nitrogens with one attached hydrogen (secondary N) is 2. The number of furan rings is 1. The fourth-order valence-electron chi connectivity index (χ4n) is 2.90. The minimum Gasteiger partial charge on any atom is -0.451 e. The van der Waals surface area contributed by atoms with Crippen molar-refractivity contribution in [3.05, 3.63) is 59.3 Å². The molecule has 3 aromatic rings. The molecule has 0 atom stereocenters. The fraction of sp³-hybridized carbons (Fsp3) is 0.158. The third-order valence-electron chi connectivity index (χ3n) is 4.23. The molecule has 4 rings (SSSR count). The van der Waals surface area contributed by atoms with Gasteiger partial charge in [-0.1, -0.05) is 17.7 Å². The summed E-state index contributed by atoms with van der Waals surface area (Å²) in [5, 5.41) is 3.90. The molecule has 1 aliphatic heterocycles. The lowest BCUT2D eigenvalue weighted by Crippen LogP contribution is -2.29. The molecular weight excluding hydrogens is 402 g/mol. The highest BCUT2D eigenvalue weighted by atomic mass is 35.5. The average Bonchev–Trinajstić information content (AvgIpc) is 3.30. The lowest BCUT2D eigenvalue weighted by Gasteiger charge is -2.09. The molecule has 0 spiro atoms. The topological polar surface area (TPSA) is 101 Å². The van der Waals surface area contributed by atoms with Crippen LogP contribution in [0.2, 0.25) is 5.02 Å². The Kier molecular flexibility index (Phi) is 4.82. The summed E-state index contributed by atoms with van der Waals surface area (Å²) in [6, 6.07) is 12.6. The van der Waals surface area contributed by atoms with Crippen molar-refractivity contribution in [2.75, 3.05) is 11.9 Å². The summed E-state index contributed by atoms with van der Waals surface area (Å²) < 4.78 is 33.0. The van der Waals surface area contributed by atoms with E-state index in [1.807, 2.05) is 0 Å². The molecule has 0 bridgehead atoms. The molecule has 144 valence electrons. The van der Waals surface area contributed by atoms with E-state index >= 15 is 0 Å². The number of hydrogen-bond acceptors (Lipinski definition) is 5. The number of halogens is 1. The van der Waals surface area contributed by atoms with Gasteiger partial charge in [0.2, 0.25) is 0 Å². The second-order valence-electron chi connectivity index (χ2n) is 6.31. The van der Waals surface area contributed by atoms with Gasteiger partial charge in [-0.25, -0.2) is 8.42 Å². The third kappa shape index (κ3) is 3.88. The number of amides is 1. The normalized spacial score (nSPS) is 14.1. The molecule has 2 heterocycles. The number of nitrogens with zero attached hydrogens (tertiary/aromatic N) is 1. The predicted octanol–water partition coefficient (Wildman–Crippen LogP) is 3.81. The Morgan fingerprint density at radius 1 is 1.14 bits per heavy atom. The number of rotatable bonds is 4. The van der Waals surface area contributed by atoms with Crippen LogP contribution < -0.4 is 10.0 Å². The van der Waals surface area contributed by atoms with Crippen LogP contribution in [0.1, 0.15) is 23.4 Å². The van der Waals surface area contributed by atoms with Crippen LogP contribution in [0.15, 0.2) is 62.8 Å². The summed E-state index contributed by atoms with van der Waals surface area (Å²) in [5.41, 5.74) is 0.868. The Balaban J connectivity index is 1.54. The number of sulfonamides is 1. The highest BCUT2D eigenvalue weighted by molar-refractivity contribution is 7.90. The number of anilines is 1. The highest BCUT2D eigenvalue weighted by Gasteiger charge is 2.19. The molecule has 0 unspecified atom stereocenters. The van der Waals surface area contributed by atoms with Gasteiger partial charge in [0.25, 0.3) is 15.9 Å². The van der Waals surface area contributed by atoms with Gasteiger partial charge in [-0.05, 0) is 48.9 Å². The zero-order valence-electron chi connectivity index (χ0n) is 14.6. The van der Waals surface area contributed by atoms with Gasteiger partial charge in [-0.2, -0.15) is 0 Å². The molecule has 0 aliphatic carbocycles. The van der Waals surface area contributed by atoms with E-state index in [2.05, 4.69) is 15.0 Å². The van der Waals surface area contributed by atoms with Crippen molar-refractivity contribution in [1.82, 2.24) is 4.72 Å². The van der Waals surface area contributed by atoms with E-state index in [-0.39, 0.29) is 10.7 Å². The first kappa shape index (κ1) is 18.5. The molecule has 7 nitrogen and oxygen atoms in total. The van der Waals surface area contributed by atoms with E-state index in [9.17, 15) is 13.2 Å². The standard InChI is InChI=1S/C19H16ClN3O4S/c20-13-6-7-16-12(9-13)10-17(27-16)19(24)22-14-3-1-4-15(11-14)28(25,26)23-18-5-2-8-21-18/h1,3-4,6-7,9-11H,2,5,8H2,(H,21,23)(H,22,24). The molecule has 0 fully saturated rings. The molecule has 1 aromatic heterocycles. The van der Waals surface area contributed by atoms with E-state index in [1.165, 1.54) is 12.1 Å². The number of fused-ring (bicyclic) bond motifs is 1. The number of hydrogen-bond donors (Lipinski definition) is 2. The van der Waals surface area contributed by atoms with Gasteiger partial charge in [0, 0.05) is 29.1 Å². The van der Waals surface area contributed by atoms with E-state index < -0.39 is 15.9 Å². The van der Waals surface area contributed by atoms with Crippen LogP contribution in [0.4, 0.5) is 5.69 Å². The fourth-order valence-corrected chi connectivity index (χ4v) is 4.21. The maximum atomic E-state index is 12.5. The van der Waals surface area contributed by atoms with Gasteiger partial charge in [0.1, 0.15) is 11.4 Å². The first-order valence-corrected chi connectivity index (χ1v) is 10.4. The Bertz CT molecular complexity index is 1200. The predicted molar refractivity (Wildman–Crippen MR) is 107 cm³/mol. The van der Waals surface area contributed by atoms with Crippen molar-refractivity contribution < 1.29 is 17.6 Å². The van der Waals surface area contributed by atoms with Gasteiger partial charge in [0.05, 0.1) is 4.90 Å². The molecule has 1 aliphatic rings. The Labute approximate surface area is 166 Å². The van der Waals surface area contributed by atoms with Crippen LogP contribution in [0.3, 0.4) is 0 Å². The first-order chi connectivity index (χ1) is 13.4. The average molecular weight is 418 g/mol. The van der Waals surface area contributed by atoms with E-state index in [1.54, 1.807) is 36.4 Å². The molecule has 28 heavy (non-hydrogen) atoms. The van der Waals surface area contributed by atoms with Gasteiger partial charge in [-0.3, -0.25) is 14.5 Å². The number of benzene rings is 2. The van der Waals surface area contributed by atoms with Crippen LogP contribution in [0.25, 0.3) is 11.0 Å². The molecular formula is C19H16ClN3O4S. The molecule has 0 radical (unpaired) electrons. The molecule has 0 saturated heterocycles. The smallest absolute Gasteiger partial charge is 0.291 e. The van der Waals surface area contributed by atoms with Crippen molar-refractivity contribution in [3.8, 4) is 0 Å². The van der Waals surface area contributed by atoms with Crippen molar-refractivity contribution in [2.24, 2.45) is 4.99 Å². The monoisotopic (exact) mass is 417 g/mol. The molecule has 0 saturated carbocycles. The van der Waals surface area contributed by atoms with Gasteiger partial charge in [-0.15, -0.1) is 0 Å². The Morgan fingerprint density at radius 3 is 2.79 bits per heavy atom. The summed E-state index contributed by atoms with van der Waals surface area (Å²) >= 11 is 5.94. The first-order valence-electron chi connectivity index (χ1n) is 8.57. The van der Waals surface area contributed by atoms with Crippen molar-refractivity contribution in [2.45, 2.75) is 17.7 Å². The second-order valence-corrected chi connectivity index (χ2v) is 8.43.